The van der Waals surface area contributed by atoms with Crippen molar-refractivity contribution < 1.29 is 0 Å². The van der Waals surface area contributed by atoms with Crippen LogP contribution in [0.3, 0.4) is 0 Å². The topological polar surface area (TPSA) is 6.48 Å². The van der Waals surface area contributed by atoms with Crippen LogP contribution < -0.4 is 0 Å². The molecular formula is C18H36N2. The molecule has 20 heavy (non-hydrogen) atoms. The van der Waals surface area contributed by atoms with Gasteiger partial charge in [-0.3, -0.25) is 4.90 Å². The third-order valence-corrected chi connectivity index (χ3v) is 6.41. The summed E-state index contributed by atoms with van der Waals surface area (Å²) in [5, 5.41) is 0. The molecule has 0 aliphatic carbocycles. The van der Waals surface area contributed by atoms with Crippen LogP contribution in [-0.2, 0) is 0 Å². The molecule has 1 atom stereocenters. The Hall–Kier alpha value is -0.0800. The third kappa shape index (κ3) is 2.78. The van der Waals surface area contributed by atoms with Gasteiger partial charge in [-0.25, -0.2) is 0 Å². The molecular weight excluding hydrogens is 244 g/mol. The summed E-state index contributed by atoms with van der Waals surface area (Å²) in [6.45, 7) is 19.9. The van der Waals surface area contributed by atoms with Gasteiger partial charge in [0.15, 0.2) is 0 Å². The van der Waals surface area contributed by atoms with Crippen molar-refractivity contribution in [1.29, 1.82) is 0 Å². The van der Waals surface area contributed by atoms with E-state index in [1.165, 1.54) is 45.4 Å². The fraction of sp³-hybridized carbons (Fsp3) is 1.00. The number of likely N-dealkylation sites (N-methyl/N-ethyl adjacent to an activating group) is 1. The van der Waals surface area contributed by atoms with Crippen LogP contribution in [0.25, 0.3) is 0 Å². The fourth-order valence-electron chi connectivity index (χ4n) is 5.11. The van der Waals surface area contributed by atoms with E-state index in [9.17, 15) is 0 Å². The molecule has 2 fully saturated rings. The van der Waals surface area contributed by atoms with E-state index in [0.29, 0.717) is 16.2 Å². The number of hydrogen-bond donors (Lipinski definition) is 0. The first-order chi connectivity index (χ1) is 9.07. The maximum Gasteiger partial charge on any atom is 0.0235 e. The predicted molar refractivity (Wildman–Crippen MR) is 88.1 cm³/mol. The van der Waals surface area contributed by atoms with Crippen molar-refractivity contribution in [2.24, 2.45) is 16.2 Å². The molecule has 1 unspecified atom stereocenters. The summed E-state index contributed by atoms with van der Waals surface area (Å²) >= 11 is 0. The van der Waals surface area contributed by atoms with Gasteiger partial charge >= 0.3 is 0 Å². The van der Waals surface area contributed by atoms with Crippen LogP contribution in [0, 0.1) is 16.2 Å². The molecule has 118 valence electrons. The summed E-state index contributed by atoms with van der Waals surface area (Å²) in [7, 11) is 2.26. The average Bonchev–Trinajstić information content (AvgIpc) is 2.73. The van der Waals surface area contributed by atoms with Gasteiger partial charge in [-0.15, -0.1) is 0 Å². The monoisotopic (exact) mass is 280 g/mol. The fourth-order valence-corrected chi connectivity index (χ4v) is 5.11. The van der Waals surface area contributed by atoms with Crippen molar-refractivity contribution >= 4 is 0 Å². The minimum absolute atomic E-state index is 0.393. The second kappa shape index (κ2) is 5.28. The Morgan fingerprint density at radius 1 is 0.850 bits per heavy atom. The summed E-state index contributed by atoms with van der Waals surface area (Å²) in [5.41, 5.74) is 1.26. The highest BCUT2D eigenvalue weighted by atomic mass is 15.2. The third-order valence-electron chi connectivity index (χ3n) is 6.41. The highest BCUT2D eigenvalue weighted by molar-refractivity contribution is 5.02. The Morgan fingerprint density at radius 2 is 1.35 bits per heavy atom. The van der Waals surface area contributed by atoms with Gasteiger partial charge in [0.25, 0.3) is 0 Å². The maximum atomic E-state index is 2.78. The second-order valence-electron chi connectivity index (χ2n) is 9.32. The minimum atomic E-state index is 0.393. The maximum absolute atomic E-state index is 2.78. The lowest BCUT2D eigenvalue weighted by molar-refractivity contribution is -0.0871. The Kier molecular flexibility index (Phi) is 4.30. The summed E-state index contributed by atoms with van der Waals surface area (Å²) in [6, 6.07) is 0.818. The second-order valence-corrected chi connectivity index (χ2v) is 9.32. The molecule has 0 amide bonds. The molecule has 0 bridgehead atoms. The van der Waals surface area contributed by atoms with E-state index < -0.39 is 0 Å². The van der Waals surface area contributed by atoms with Crippen LogP contribution in [0.5, 0.6) is 0 Å². The van der Waals surface area contributed by atoms with Crippen molar-refractivity contribution in [3.8, 4) is 0 Å². The quantitative estimate of drug-likeness (QED) is 0.719. The number of hydrogen-bond acceptors (Lipinski definition) is 2. The molecule has 2 nitrogen and oxygen atoms in total. The van der Waals surface area contributed by atoms with Crippen molar-refractivity contribution in [2.75, 3.05) is 33.2 Å². The van der Waals surface area contributed by atoms with Gasteiger partial charge in [0, 0.05) is 12.6 Å². The van der Waals surface area contributed by atoms with E-state index in [-0.39, 0.29) is 0 Å². The number of rotatable bonds is 1. The summed E-state index contributed by atoms with van der Waals surface area (Å²) in [4.78, 5) is 5.26. The molecule has 2 saturated heterocycles. The van der Waals surface area contributed by atoms with Crippen LogP contribution >= 0.6 is 0 Å². The molecule has 0 N–H and O–H groups in total. The molecule has 0 aromatic heterocycles. The summed E-state index contributed by atoms with van der Waals surface area (Å²) in [5.74, 6) is 0. The Balaban J connectivity index is 2.07. The molecule has 0 spiro atoms. The predicted octanol–water partition coefficient (Wildman–Crippen LogP) is 3.86. The highest BCUT2D eigenvalue weighted by Crippen LogP contribution is 2.57. The highest BCUT2D eigenvalue weighted by Gasteiger charge is 2.51. The SMILES string of the molecule is CN1CCC(N2CCC(C(C)(C)C)(C(C)(C)C)CC2)C1. The number of likely N-dealkylation sites (tertiary alicyclic amines) is 2. The molecule has 2 aliphatic heterocycles. The first-order valence-electron chi connectivity index (χ1n) is 8.49. The standard InChI is InChI=1S/C18H36N2/c1-16(2,3)18(17(4,5)6)9-12-20(13-10-18)15-8-11-19(7)14-15/h15H,8-14H2,1-7H3. The molecule has 0 aromatic carbocycles. The molecule has 0 aromatic rings. The van der Waals surface area contributed by atoms with E-state index in [4.69, 9.17) is 0 Å². The van der Waals surface area contributed by atoms with Crippen LogP contribution in [0.2, 0.25) is 0 Å². The van der Waals surface area contributed by atoms with Crippen molar-refractivity contribution in [3.63, 3.8) is 0 Å². The summed E-state index contributed by atoms with van der Waals surface area (Å²) in [6.07, 6.45) is 4.09. The van der Waals surface area contributed by atoms with Gasteiger partial charge in [-0.2, -0.15) is 0 Å². The van der Waals surface area contributed by atoms with Gasteiger partial charge in [0.1, 0.15) is 0 Å². The van der Waals surface area contributed by atoms with Gasteiger partial charge in [0.2, 0.25) is 0 Å². The van der Waals surface area contributed by atoms with Crippen LogP contribution in [0.15, 0.2) is 0 Å². The molecule has 2 rings (SSSR count). The van der Waals surface area contributed by atoms with Crippen LogP contribution in [0.4, 0.5) is 0 Å². The first-order valence-corrected chi connectivity index (χ1v) is 8.49. The zero-order chi connectivity index (χ0) is 15.2. The molecule has 2 heterocycles. The van der Waals surface area contributed by atoms with E-state index in [0.717, 1.165) is 6.04 Å². The smallest absolute Gasteiger partial charge is 0.0235 e. The first kappa shape index (κ1) is 16.3. The van der Waals surface area contributed by atoms with E-state index >= 15 is 0 Å². The van der Waals surface area contributed by atoms with E-state index in [2.05, 4.69) is 58.4 Å². The molecule has 2 aliphatic rings. The van der Waals surface area contributed by atoms with Gasteiger partial charge in [-0.1, -0.05) is 41.5 Å². The summed E-state index contributed by atoms with van der Waals surface area (Å²) < 4.78 is 0. The van der Waals surface area contributed by atoms with Crippen molar-refractivity contribution in [1.82, 2.24) is 9.80 Å². The zero-order valence-electron chi connectivity index (χ0n) is 14.9. The van der Waals surface area contributed by atoms with Crippen LogP contribution in [-0.4, -0.2) is 49.1 Å². The van der Waals surface area contributed by atoms with Crippen LogP contribution in [0.1, 0.15) is 60.8 Å². The zero-order valence-corrected chi connectivity index (χ0v) is 14.9. The Bertz CT molecular complexity index is 310. The molecule has 0 saturated carbocycles. The molecule has 2 heteroatoms. The van der Waals surface area contributed by atoms with Gasteiger partial charge < -0.3 is 4.90 Å². The lowest BCUT2D eigenvalue weighted by Gasteiger charge is -2.58. The van der Waals surface area contributed by atoms with Gasteiger partial charge in [-0.05, 0) is 62.2 Å². The lowest BCUT2D eigenvalue weighted by atomic mass is 9.50. The number of piperidine rings is 1. The normalized spacial score (nSPS) is 29.9. The van der Waals surface area contributed by atoms with Gasteiger partial charge in [0.05, 0.1) is 0 Å². The average molecular weight is 281 g/mol. The van der Waals surface area contributed by atoms with E-state index in [1.807, 2.05) is 0 Å². The lowest BCUT2D eigenvalue weighted by Crippen LogP contribution is -2.55. The Labute approximate surface area is 126 Å². The molecule has 0 radical (unpaired) electrons. The van der Waals surface area contributed by atoms with Crippen molar-refractivity contribution in [2.45, 2.75) is 66.8 Å². The van der Waals surface area contributed by atoms with Crippen molar-refractivity contribution in [3.05, 3.63) is 0 Å². The number of nitrogens with zero attached hydrogens (tertiary/aromatic N) is 2. The minimum Gasteiger partial charge on any atom is -0.305 e. The largest absolute Gasteiger partial charge is 0.305 e. The van der Waals surface area contributed by atoms with E-state index in [1.54, 1.807) is 0 Å². The Morgan fingerprint density at radius 3 is 1.70 bits per heavy atom.